The van der Waals surface area contributed by atoms with E-state index in [1.165, 1.54) is 7.11 Å². The third-order valence-corrected chi connectivity index (χ3v) is 4.56. The highest BCUT2D eigenvalue weighted by molar-refractivity contribution is 6.35. The number of aromatic nitrogens is 2. The van der Waals surface area contributed by atoms with Crippen molar-refractivity contribution in [3.8, 4) is 5.75 Å². The molecule has 1 atom stereocenters. The molecule has 1 saturated carbocycles. The average molecular weight is 412 g/mol. The Bertz CT molecular complexity index is 813. The number of carbonyl (C=O) groups is 1. The minimum atomic E-state index is -0.822. The smallest absolute Gasteiger partial charge is 0.358 e. The highest BCUT2D eigenvalue weighted by atomic mass is 35.5. The Hall–Kier alpha value is -2.09. The Morgan fingerprint density at radius 3 is 2.63 bits per heavy atom. The molecule has 9 heteroatoms. The molecule has 0 amide bonds. The molecule has 0 bridgehead atoms. The summed E-state index contributed by atoms with van der Waals surface area (Å²) in [6, 6.07) is 6.84. The highest BCUT2D eigenvalue weighted by Gasteiger charge is 2.30. The van der Waals surface area contributed by atoms with E-state index in [4.69, 9.17) is 32.7 Å². The van der Waals surface area contributed by atoms with Crippen molar-refractivity contribution in [3.05, 3.63) is 45.8 Å². The Kier molecular flexibility index (Phi) is 6.36. The van der Waals surface area contributed by atoms with E-state index in [-0.39, 0.29) is 29.8 Å². The predicted molar refractivity (Wildman–Crippen MR) is 102 cm³/mol. The number of rotatable bonds is 8. The molecule has 0 spiro atoms. The minimum absolute atomic E-state index is 0.0190. The molecule has 1 aliphatic carbocycles. The number of hydrogen-bond donors (Lipinski definition) is 2. The van der Waals surface area contributed by atoms with Gasteiger partial charge >= 0.3 is 5.97 Å². The molecule has 1 aliphatic rings. The summed E-state index contributed by atoms with van der Waals surface area (Å²) in [4.78, 5) is 20.5. The topological polar surface area (TPSA) is 93.6 Å². The zero-order valence-electron chi connectivity index (χ0n) is 14.6. The largest absolute Gasteiger partial charge is 0.491 e. The molecule has 2 aromatic rings. The quantitative estimate of drug-likeness (QED) is 0.643. The Labute approximate surface area is 166 Å². The van der Waals surface area contributed by atoms with Crippen LogP contribution in [0, 0.1) is 0 Å². The van der Waals surface area contributed by atoms with Crippen LogP contribution in [0.25, 0.3) is 0 Å². The van der Waals surface area contributed by atoms with Crippen LogP contribution in [0.5, 0.6) is 5.75 Å². The molecule has 2 N–H and O–H groups in total. The van der Waals surface area contributed by atoms with Gasteiger partial charge in [-0.3, -0.25) is 0 Å². The van der Waals surface area contributed by atoms with E-state index >= 15 is 0 Å². The monoisotopic (exact) mass is 411 g/mol. The lowest BCUT2D eigenvalue weighted by atomic mass is 10.3. The molecule has 27 heavy (non-hydrogen) atoms. The first-order chi connectivity index (χ1) is 13.0. The normalized spacial score (nSPS) is 14.5. The molecular formula is C18H19Cl2N3O4. The first-order valence-electron chi connectivity index (χ1n) is 8.44. The number of ether oxygens (including phenoxy) is 2. The van der Waals surface area contributed by atoms with Crippen molar-refractivity contribution < 1.29 is 19.4 Å². The SMILES string of the molecule is COC(=O)c1nc(C2CC2)nc(NCC(O)COc2ccc(Cl)cc2)c1Cl. The number of nitrogens with zero attached hydrogens (tertiary/aromatic N) is 2. The van der Waals surface area contributed by atoms with Crippen molar-refractivity contribution >= 4 is 35.0 Å². The Morgan fingerprint density at radius 2 is 2.00 bits per heavy atom. The number of aliphatic hydroxyl groups excluding tert-OH is 1. The lowest BCUT2D eigenvalue weighted by Gasteiger charge is -2.15. The van der Waals surface area contributed by atoms with Crippen molar-refractivity contribution in [3.63, 3.8) is 0 Å². The number of benzene rings is 1. The van der Waals surface area contributed by atoms with E-state index in [2.05, 4.69) is 15.3 Å². The van der Waals surface area contributed by atoms with Crippen molar-refractivity contribution in [2.24, 2.45) is 0 Å². The van der Waals surface area contributed by atoms with E-state index in [1.807, 2.05) is 0 Å². The van der Waals surface area contributed by atoms with Gasteiger partial charge in [-0.25, -0.2) is 14.8 Å². The van der Waals surface area contributed by atoms with Gasteiger partial charge in [0.25, 0.3) is 0 Å². The molecule has 1 heterocycles. The number of esters is 1. The summed E-state index contributed by atoms with van der Waals surface area (Å²) in [6.45, 7) is 0.200. The van der Waals surface area contributed by atoms with Gasteiger partial charge < -0.3 is 19.9 Å². The number of anilines is 1. The van der Waals surface area contributed by atoms with E-state index in [0.29, 0.717) is 22.4 Å². The van der Waals surface area contributed by atoms with Crippen LogP contribution < -0.4 is 10.1 Å². The maximum Gasteiger partial charge on any atom is 0.358 e. The van der Waals surface area contributed by atoms with Gasteiger partial charge in [-0.15, -0.1) is 0 Å². The third-order valence-electron chi connectivity index (χ3n) is 3.95. The lowest BCUT2D eigenvalue weighted by molar-refractivity contribution is 0.0593. The van der Waals surface area contributed by atoms with Crippen LogP contribution in [0.1, 0.15) is 35.1 Å². The summed E-state index contributed by atoms with van der Waals surface area (Å²) in [5, 5.41) is 13.8. The molecule has 0 radical (unpaired) electrons. The van der Waals surface area contributed by atoms with Gasteiger partial charge in [0.1, 0.15) is 35.1 Å². The van der Waals surface area contributed by atoms with Crippen molar-refractivity contribution in [2.45, 2.75) is 24.9 Å². The summed E-state index contributed by atoms with van der Waals surface area (Å²) in [6.07, 6.45) is 1.12. The standard InChI is InChI=1S/C18H19Cl2N3O4/c1-26-18(25)15-14(20)17(23-16(22-15)10-2-3-10)21-8-12(24)9-27-13-6-4-11(19)5-7-13/h4-7,10,12,24H,2-3,8-9H2,1H3,(H,21,22,23). The summed E-state index contributed by atoms with van der Waals surface area (Å²) < 4.78 is 10.2. The van der Waals surface area contributed by atoms with Gasteiger partial charge in [0.2, 0.25) is 0 Å². The fourth-order valence-corrected chi connectivity index (χ4v) is 2.69. The van der Waals surface area contributed by atoms with Gasteiger partial charge in [-0.2, -0.15) is 0 Å². The zero-order chi connectivity index (χ0) is 19.4. The van der Waals surface area contributed by atoms with Gasteiger partial charge in [0.05, 0.1) is 7.11 Å². The fourth-order valence-electron chi connectivity index (χ4n) is 2.33. The zero-order valence-corrected chi connectivity index (χ0v) is 16.1. The number of halogens is 2. The lowest BCUT2D eigenvalue weighted by Crippen LogP contribution is -2.27. The van der Waals surface area contributed by atoms with Crippen molar-refractivity contribution in [1.29, 1.82) is 0 Å². The van der Waals surface area contributed by atoms with E-state index in [0.717, 1.165) is 12.8 Å². The summed E-state index contributed by atoms with van der Waals surface area (Å²) in [7, 11) is 1.27. The van der Waals surface area contributed by atoms with Crippen molar-refractivity contribution in [1.82, 2.24) is 9.97 Å². The number of methoxy groups -OCH3 is 1. The van der Waals surface area contributed by atoms with Crippen LogP contribution >= 0.6 is 23.2 Å². The number of nitrogens with one attached hydrogen (secondary N) is 1. The summed E-state index contributed by atoms with van der Waals surface area (Å²) >= 11 is 12.1. The fraction of sp³-hybridized carbons (Fsp3) is 0.389. The molecule has 0 saturated heterocycles. The van der Waals surface area contributed by atoms with Gasteiger partial charge in [-0.1, -0.05) is 23.2 Å². The molecule has 3 rings (SSSR count). The second-order valence-electron chi connectivity index (χ2n) is 6.16. The summed E-state index contributed by atoms with van der Waals surface area (Å²) in [5.41, 5.74) is 0.0190. The molecule has 1 aromatic carbocycles. The molecule has 1 fully saturated rings. The van der Waals surface area contributed by atoms with Crippen LogP contribution in [0.2, 0.25) is 10.0 Å². The Morgan fingerprint density at radius 1 is 1.30 bits per heavy atom. The first-order valence-corrected chi connectivity index (χ1v) is 9.19. The third kappa shape index (κ3) is 5.22. The van der Waals surface area contributed by atoms with Gasteiger partial charge in [-0.05, 0) is 37.1 Å². The van der Waals surface area contributed by atoms with Crippen LogP contribution in [-0.2, 0) is 4.74 Å². The van der Waals surface area contributed by atoms with E-state index in [1.54, 1.807) is 24.3 Å². The second kappa shape index (κ2) is 8.73. The number of carbonyl (C=O) groups excluding carboxylic acids is 1. The number of aliphatic hydroxyl groups is 1. The first kappa shape index (κ1) is 19.7. The van der Waals surface area contributed by atoms with Crippen LogP contribution in [-0.4, -0.2) is 47.4 Å². The predicted octanol–water partition coefficient (Wildman–Crippen LogP) is 3.30. The van der Waals surface area contributed by atoms with Gasteiger partial charge in [0.15, 0.2) is 5.69 Å². The molecule has 1 aromatic heterocycles. The van der Waals surface area contributed by atoms with Gasteiger partial charge in [0, 0.05) is 17.5 Å². The molecular weight excluding hydrogens is 393 g/mol. The highest BCUT2D eigenvalue weighted by Crippen LogP contribution is 2.39. The molecule has 144 valence electrons. The molecule has 1 unspecified atom stereocenters. The van der Waals surface area contributed by atoms with Crippen LogP contribution in [0.15, 0.2) is 24.3 Å². The minimum Gasteiger partial charge on any atom is -0.491 e. The molecule has 0 aliphatic heterocycles. The average Bonchev–Trinajstić information content (AvgIpc) is 3.51. The summed E-state index contributed by atoms with van der Waals surface area (Å²) in [5.74, 6) is 1.04. The van der Waals surface area contributed by atoms with Crippen LogP contribution in [0.4, 0.5) is 5.82 Å². The maximum atomic E-state index is 11.9. The van der Waals surface area contributed by atoms with Crippen LogP contribution in [0.3, 0.4) is 0 Å². The Balaban J connectivity index is 1.63. The maximum absolute atomic E-state index is 11.9. The van der Waals surface area contributed by atoms with E-state index in [9.17, 15) is 9.90 Å². The molecule has 7 nitrogen and oxygen atoms in total. The number of hydrogen-bond acceptors (Lipinski definition) is 7. The van der Waals surface area contributed by atoms with Crippen molar-refractivity contribution in [2.75, 3.05) is 25.6 Å². The second-order valence-corrected chi connectivity index (χ2v) is 6.97. The van der Waals surface area contributed by atoms with E-state index < -0.39 is 12.1 Å².